The van der Waals surface area contributed by atoms with Crippen LogP contribution in [0.15, 0.2) is 209 Å². The SMILES string of the molecule is c1ccc(-c2ccc(-c3ccc(N(c4ccc(-c5cccc6oc7c8ccccc8ccc7c56)cc4)c4ccc5oc6ccccc6c5c4)cc3)cc2)cc1. The van der Waals surface area contributed by atoms with Crippen LogP contribution < -0.4 is 4.90 Å². The van der Waals surface area contributed by atoms with Crippen LogP contribution in [0.25, 0.3) is 88.0 Å². The Bertz CT molecular complexity index is 3170. The summed E-state index contributed by atoms with van der Waals surface area (Å²) in [4.78, 5) is 2.33. The van der Waals surface area contributed by atoms with Gasteiger partial charge in [0.2, 0.25) is 0 Å². The molecule has 0 N–H and O–H groups in total. The number of anilines is 3. The van der Waals surface area contributed by atoms with Gasteiger partial charge in [0.25, 0.3) is 0 Å². The molecule has 0 unspecified atom stereocenters. The number of furan rings is 2. The van der Waals surface area contributed by atoms with E-state index in [0.29, 0.717) is 0 Å². The van der Waals surface area contributed by atoms with Crippen LogP contribution in [0.5, 0.6) is 0 Å². The first-order valence-corrected chi connectivity index (χ1v) is 18.7. The third-order valence-electron chi connectivity index (χ3n) is 10.9. The Morgan fingerprint density at radius 3 is 1.62 bits per heavy atom. The van der Waals surface area contributed by atoms with Crippen molar-refractivity contribution in [3.8, 4) is 33.4 Å². The van der Waals surface area contributed by atoms with Crippen molar-refractivity contribution < 1.29 is 8.83 Å². The smallest absolute Gasteiger partial charge is 0.143 e. The Morgan fingerprint density at radius 2 is 0.873 bits per heavy atom. The maximum Gasteiger partial charge on any atom is 0.143 e. The zero-order chi connectivity index (χ0) is 36.3. The van der Waals surface area contributed by atoms with E-state index >= 15 is 0 Å². The van der Waals surface area contributed by atoms with Gasteiger partial charge >= 0.3 is 0 Å². The van der Waals surface area contributed by atoms with E-state index in [1.807, 2.05) is 12.1 Å². The Balaban J connectivity index is 1.00. The van der Waals surface area contributed by atoms with E-state index in [0.717, 1.165) is 77.5 Å². The molecule has 258 valence electrons. The Kier molecular flexibility index (Phi) is 7.17. The molecule has 0 saturated heterocycles. The third-order valence-corrected chi connectivity index (χ3v) is 10.9. The molecule has 0 aliphatic carbocycles. The summed E-state index contributed by atoms with van der Waals surface area (Å²) in [7, 11) is 0. The van der Waals surface area contributed by atoms with Crippen LogP contribution in [0.2, 0.25) is 0 Å². The minimum absolute atomic E-state index is 0.878. The van der Waals surface area contributed by atoms with Gasteiger partial charge < -0.3 is 13.7 Å². The number of fused-ring (bicyclic) bond motifs is 8. The van der Waals surface area contributed by atoms with Gasteiger partial charge in [0.15, 0.2) is 0 Å². The van der Waals surface area contributed by atoms with Gasteiger partial charge in [-0.25, -0.2) is 0 Å². The van der Waals surface area contributed by atoms with Gasteiger partial charge in [-0.3, -0.25) is 0 Å². The van der Waals surface area contributed by atoms with E-state index in [1.165, 1.54) is 27.6 Å². The number of benzene rings is 9. The quantitative estimate of drug-likeness (QED) is 0.173. The molecule has 0 bridgehead atoms. The second-order valence-electron chi connectivity index (χ2n) is 14.1. The zero-order valence-corrected chi connectivity index (χ0v) is 29.8. The van der Waals surface area contributed by atoms with Crippen LogP contribution in [-0.4, -0.2) is 0 Å². The maximum absolute atomic E-state index is 6.52. The summed E-state index contributed by atoms with van der Waals surface area (Å²) in [5, 5.41) is 6.78. The first-order valence-electron chi connectivity index (χ1n) is 18.7. The lowest BCUT2D eigenvalue weighted by atomic mass is 9.98. The van der Waals surface area contributed by atoms with Crippen LogP contribution >= 0.6 is 0 Å². The second kappa shape index (κ2) is 12.6. The van der Waals surface area contributed by atoms with Crippen LogP contribution in [0.1, 0.15) is 0 Å². The summed E-state index contributed by atoms with van der Waals surface area (Å²) in [6, 6.07) is 71.0. The van der Waals surface area contributed by atoms with E-state index < -0.39 is 0 Å². The minimum Gasteiger partial charge on any atom is -0.456 e. The number of para-hydroxylation sites is 1. The second-order valence-corrected chi connectivity index (χ2v) is 14.1. The molecule has 0 amide bonds. The number of hydrogen-bond donors (Lipinski definition) is 0. The summed E-state index contributed by atoms with van der Waals surface area (Å²) in [6.07, 6.45) is 0. The van der Waals surface area contributed by atoms with E-state index in [-0.39, 0.29) is 0 Å². The molecule has 0 spiro atoms. The lowest BCUT2D eigenvalue weighted by molar-refractivity contribution is 0.669. The van der Waals surface area contributed by atoms with Crippen molar-refractivity contribution in [3.63, 3.8) is 0 Å². The van der Waals surface area contributed by atoms with Crippen molar-refractivity contribution in [2.24, 2.45) is 0 Å². The average Bonchev–Trinajstić information content (AvgIpc) is 3.83. The molecule has 11 rings (SSSR count). The number of hydrogen-bond acceptors (Lipinski definition) is 3. The predicted molar refractivity (Wildman–Crippen MR) is 229 cm³/mol. The van der Waals surface area contributed by atoms with Crippen LogP contribution in [0.4, 0.5) is 17.1 Å². The summed E-state index contributed by atoms with van der Waals surface area (Å²) >= 11 is 0. The summed E-state index contributed by atoms with van der Waals surface area (Å²) < 4.78 is 12.7. The van der Waals surface area contributed by atoms with E-state index in [2.05, 4.69) is 193 Å². The number of rotatable bonds is 6. The lowest BCUT2D eigenvalue weighted by Crippen LogP contribution is -2.09. The fourth-order valence-corrected chi connectivity index (χ4v) is 8.17. The average molecular weight is 704 g/mol. The molecule has 2 aromatic heterocycles. The molecule has 0 atom stereocenters. The van der Waals surface area contributed by atoms with Crippen molar-refractivity contribution in [3.05, 3.63) is 200 Å². The van der Waals surface area contributed by atoms with Crippen LogP contribution in [0, 0.1) is 0 Å². The Morgan fingerprint density at radius 1 is 0.309 bits per heavy atom. The van der Waals surface area contributed by atoms with Gasteiger partial charge in [0.05, 0.1) is 0 Å². The highest BCUT2D eigenvalue weighted by Gasteiger charge is 2.18. The fraction of sp³-hybridized carbons (Fsp3) is 0. The van der Waals surface area contributed by atoms with Crippen molar-refractivity contribution in [1.29, 1.82) is 0 Å². The first kappa shape index (κ1) is 31.2. The molecule has 9 aromatic carbocycles. The summed E-state index contributed by atoms with van der Waals surface area (Å²) in [5.41, 5.74) is 13.9. The molecule has 55 heavy (non-hydrogen) atoms. The zero-order valence-electron chi connectivity index (χ0n) is 29.8. The normalized spacial score (nSPS) is 11.6. The predicted octanol–water partition coefficient (Wildman–Crippen LogP) is 15.1. The molecular formula is C52H33NO2. The molecule has 0 saturated carbocycles. The van der Waals surface area contributed by atoms with Gasteiger partial charge in [0, 0.05) is 44.0 Å². The van der Waals surface area contributed by atoms with Crippen molar-refractivity contribution in [2.75, 3.05) is 4.90 Å². The highest BCUT2D eigenvalue weighted by atomic mass is 16.3. The van der Waals surface area contributed by atoms with Crippen LogP contribution in [0.3, 0.4) is 0 Å². The molecule has 0 fully saturated rings. The highest BCUT2D eigenvalue weighted by Crippen LogP contribution is 2.42. The monoisotopic (exact) mass is 703 g/mol. The molecule has 0 radical (unpaired) electrons. The van der Waals surface area contributed by atoms with Crippen LogP contribution in [-0.2, 0) is 0 Å². The molecule has 3 heteroatoms. The minimum atomic E-state index is 0.878. The molecule has 11 aromatic rings. The molecule has 3 nitrogen and oxygen atoms in total. The topological polar surface area (TPSA) is 29.5 Å². The van der Waals surface area contributed by atoms with Gasteiger partial charge in [-0.05, 0) is 99.4 Å². The van der Waals surface area contributed by atoms with Gasteiger partial charge in [-0.15, -0.1) is 0 Å². The highest BCUT2D eigenvalue weighted by molar-refractivity contribution is 6.19. The van der Waals surface area contributed by atoms with Crippen molar-refractivity contribution in [1.82, 2.24) is 0 Å². The maximum atomic E-state index is 6.52. The van der Waals surface area contributed by atoms with E-state index in [9.17, 15) is 0 Å². The Hall–Kier alpha value is -7.36. The third kappa shape index (κ3) is 5.28. The van der Waals surface area contributed by atoms with Crippen molar-refractivity contribution >= 4 is 71.7 Å². The summed E-state index contributed by atoms with van der Waals surface area (Å²) in [6.45, 7) is 0. The first-order chi connectivity index (χ1) is 27.2. The number of nitrogens with zero attached hydrogens (tertiary/aromatic N) is 1. The fourth-order valence-electron chi connectivity index (χ4n) is 8.17. The molecular weight excluding hydrogens is 671 g/mol. The van der Waals surface area contributed by atoms with E-state index in [4.69, 9.17) is 8.83 Å². The molecule has 0 aliphatic rings. The Labute approximate surface area is 317 Å². The standard InChI is InChI=1S/C52H33NO2/c1-2-9-34(10-3-1)35-17-19-36(20-18-35)37-21-26-40(27-22-37)53(42-30-32-49-47(33-42)45-13-6-7-15-48(45)54-49)41-28-23-39(24-29-41)43-14-8-16-50-51(43)46-31-25-38-11-4-5-12-44(38)52(46)55-50/h1-33H. The van der Waals surface area contributed by atoms with Crippen molar-refractivity contribution in [2.45, 2.75) is 0 Å². The van der Waals surface area contributed by atoms with Gasteiger partial charge in [0.1, 0.15) is 22.3 Å². The van der Waals surface area contributed by atoms with E-state index in [1.54, 1.807) is 0 Å². The molecule has 2 heterocycles. The largest absolute Gasteiger partial charge is 0.456 e. The van der Waals surface area contributed by atoms with Gasteiger partial charge in [-0.2, -0.15) is 0 Å². The lowest BCUT2D eigenvalue weighted by Gasteiger charge is -2.26. The van der Waals surface area contributed by atoms with Gasteiger partial charge in [-0.1, -0.05) is 140 Å². The summed E-state index contributed by atoms with van der Waals surface area (Å²) in [5.74, 6) is 0. The molecule has 0 aliphatic heterocycles.